The first-order valence-corrected chi connectivity index (χ1v) is 12.1. The Balaban J connectivity index is 1.55. The maximum atomic E-state index is 13.4. The van der Waals surface area contributed by atoms with Crippen LogP contribution in [0.3, 0.4) is 0 Å². The van der Waals surface area contributed by atoms with Crippen LogP contribution in [-0.2, 0) is 0 Å². The van der Waals surface area contributed by atoms with E-state index in [1.807, 2.05) is 0 Å². The van der Waals surface area contributed by atoms with E-state index in [9.17, 15) is 9.59 Å². The number of ether oxygens (including phenoxy) is 3. The molecule has 1 amide bonds. The number of carbonyl (C=O) groups excluding carboxylic acids is 2. The lowest BCUT2D eigenvalue weighted by Crippen LogP contribution is -2.44. The molecule has 4 rings (SSSR count). The Kier molecular flexibility index (Phi) is 8.60. The maximum Gasteiger partial charge on any atom is 0.259 e. The Morgan fingerprint density at radius 2 is 1.65 bits per heavy atom. The van der Waals surface area contributed by atoms with E-state index in [1.54, 1.807) is 74.9 Å². The number of piperazine rings is 1. The molecule has 1 aliphatic heterocycles. The summed E-state index contributed by atoms with van der Waals surface area (Å²) >= 11 is 0. The van der Waals surface area contributed by atoms with Gasteiger partial charge in [0.15, 0.2) is 5.78 Å². The fourth-order valence-corrected chi connectivity index (χ4v) is 4.13. The molecule has 0 spiro atoms. The minimum Gasteiger partial charge on any atom is -0.497 e. The molecule has 37 heavy (non-hydrogen) atoms. The molecule has 3 aromatic carbocycles. The second-order valence-corrected chi connectivity index (χ2v) is 8.58. The van der Waals surface area contributed by atoms with E-state index in [1.165, 1.54) is 0 Å². The van der Waals surface area contributed by atoms with Gasteiger partial charge in [0.25, 0.3) is 5.91 Å². The Labute approximate surface area is 216 Å². The van der Waals surface area contributed by atoms with Gasteiger partial charge < -0.3 is 30.6 Å². The summed E-state index contributed by atoms with van der Waals surface area (Å²) in [5, 5.41) is 6.16. The average Bonchev–Trinajstić information content (AvgIpc) is 2.94. The van der Waals surface area contributed by atoms with Gasteiger partial charge in [0.1, 0.15) is 23.9 Å². The van der Waals surface area contributed by atoms with Crippen LogP contribution >= 0.6 is 0 Å². The number of anilines is 2. The summed E-state index contributed by atoms with van der Waals surface area (Å²) in [6.45, 7) is 4.96. The normalized spacial score (nSPS) is 13.6. The van der Waals surface area contributed by atoms with Gasteiger partial charge in [0.2, 0.25) is 0 Å². The number of nitrogens with zero attached hydrogens (tertiary/aromatic N) is 1. The van der Waals surface area contributed by atoms with Gasteiger partial charge in [0, 0.05) is 49.9 Å². The predicted molar refractivity (Wildman–Crippen MR) is 143 cm³/mol. The summed E-state index contributed by atoms with van der Waals surface area (Å²) in [5.74, 6) is 0.892. The molecule has 0 saturated carbocycles. The zero-order chi connectivity index (χ0) is 26.2. The summed E-state index contributed by atoms with van der Waals surface area (Å²) < 4.78 is 16.5. The topological polar surface area (TPSA) is 115 Å². The highest BCUT2D eigenvalue weighted by atomic mass is 16.5. The molecule has 4 N–H and O–H groups in total. The lowest BCUT2D eigenvalue weighted by molar-refractivity contribution is 0.102. The molecule has 0 aromatic heterocycles. The first-order chi connectivity index (χ1) is 18.0. The summed E-state index contributed by atoms with van der Waals surface area (Å²) in [5.41, 5.74) is 7.78. The number of rotatable bonds is 10. The largest absolute Gasteiger partial charge is 0.497 e. The van der Waals surface area contributed by atoms with Crippen LogP contribution in [0.4, 0.5) is 11.4 Å². The first kappa shape index (κ1) is 26.0. The van der Waals surface area contributed by atoms with Gasteiger partial charge in [-0.15, -0.1) is 0 Å². The maximum absolute atomic E-state index is 13.4. The van der Waals surface area contributed by atoms with Crippen LogP contribution < -0.4 is 30.6 Å². The Bertz CT molecular complexity index is 1240. The number of hydrogen-bond acceptors (Lipinski definition) is 8. The number of benzene rings is 3. The molecule has 0 bridgehead atoms. The predicted octanol–water partition coefficient (Wildman–Crippen LogP) is 3.05. The fourth-order valence-electron chi connectivity index (χ4n) is 4.13. The molecular formula is C28H32N4O5. The van der Waals surface area contributed by atoms with Crippen LogP contribution in [0.1, 0.15) is 26.3 Å². The van der Waals surface area contributed by atoms with Crippen molar-refractivity contribution in [2.75, 3.05) is 64.6 Å². The Morgan fingerprint density at radius 1 is 0.946 bits per heavy atom. The monoisotopic (exact) mass is 504 g/mol. The number of amides is 1. The molecule has 1 aliphatic rings. The molecule has 9 nitrogen and oxygen atoms in total. The smallest absolute Gasteiger partial charge is 0.259 e. The quantitative estimate of drug-likeness (QED) is 0.285. The average molecular weight is 505 g/mol. The van der Waals surface area contributed by atoms with E-state index in [0.717, 1.165) is 32.7 Å². The van der Waals surface area contributed by atoms with Gasteiger partial charge in [-0.25, -0.2) is 0 Å². The van der Waals surface area contributed by atoms with Gasteiger partial charge in [-0.2, -0.15) is 0 Å². The standard InChI is InChI=1S/C28H32N4O5/c1-35-20-8-6-19(7-9-20)27(33)23-4-3-5-24(29)26(23)31-28(34)22-11-10-21(36-2)18-25(22)37-17-16-32-14-12-30-13-15-32/h3-11,18,30H,12-17,29H2,1-2H3,(H,31,34). The minimum atomic E-state index is -0.443. The van der Waals surface area contributed by atoms with Crippen molar-refractivity contribution in [2.45, 2.75) is 0 Å². The molecule has 1 heterocycles. The van der Waals surface area contributed by atoms with Crippen LogP contribution in [0, 0.1) is 0 Å². The lowest BCUT2D eigenvalue weighted by atomic mass is 10.00. The fraction of sp³-hybridized carbons (Fsp3) is 0.286. The van der Waals surface area contributed by atoms with Gasteiger partial charge in [-0.05, 0) is 48.5 Å². The highest BCUT2D eigenvalue weighted by molar-refractivity contribution is 6.17. The molecule has 1 saturated heterocycles. The van der Waals surface area contributed by atoms with Crippen molar-refractivity contribution in [1.29, 1.82) is 0 Å². The number of nitrogens with two attached hydrogens (primary N) is 1. The van der Waals surface area contributed by atoms with E-state index in [-0.39, 0.29) is 22.7 Å². The zero-order valence-electron chi connectivity index (χ0n) is 21.1. The van der Waals surface area contributed by atoms with Crippen molar-refractivity contribution in [3.8, 4) is 17.2 Å². The van der Waals surface area contributed by atoms with E-state index < -0.39 is 5.91 Å². The molecule has 3 aromatic rings. The molecule has 0 aliphatic carbocycles. The van der Waals surface area contributed by atoms with Crippen molar-refractivity contribution in [3.63, 3.8) is 0 Å². The van der Waals surface area contributed by atoms with Crippen LogP contribution in [0.15, 0.2) is 60.7 Å². The van der Waals surface area contributed by atoms with Gasteiger partial charge in [-0.3, -0.25) is 14.5 Å². The first-order valence-electron chi connectivity index (χ1n) is 12.1. The van der Waals surface area contributed by atoms with Crippen LogP contribution in [0.2, 0.25) is 0 Å². The second-order valence-electron chi connectivity index (χ2n) is 8.58. The summed E-state index contributed by atoms with van der Waals surface area (Å²) in [7, 11) is 3.12. The number of nitrogen functional groups attached to an aromatic ring is 1. The van der Waals surface area contributed by atoms with E-state index >= 15 is 0 Å². The molecule has 9 heteroatoms. The third-order valence-electron chi connectivity index (χ3n) is 6.24. The van der Waals surface area contributed by atoms with Gasteiger partial charge in [-0.1, -0.05) is 6.07 Å². The Morgan fingerprint density at radius 3 is 2.35 bits per heavy atom. The molecule has 0 unspecified atom stereocenters. The van der Waals surface area contributed by atoms with Crippen LogP contribution in [0.5, 0.6) is 17.2 Å². The molecule has 1 fully saturated rings. The van der Waals surface area contributed by atoms with Crippen molar-refractivity contribution in [1.82, 2.24) is 10.2 Å². The number of carbonyl (C=O) groups is 2. The number of ketones is 1. The highest BCUT2D eigenvalue weighted by Crippen LogP contribution is 2.30. The number of para-hydroxylation sites is 1. The third-order valence-corrected chi connectivity index (χ3v) is 6.24. The second kappa shape index (κ2) is 12.2. The lowest BCUT2D eigenvalue weighted by Gasteiger charge is -2.27. The van der Waals surface area contributed by atoms with E-state index in [0.29, 0.717) is 35.0 Å². The van der Waals surface area contributed by atoms with Crippen molar-refractivity contribution < 1.29 is 23.8 Å². The van der Waals surface area contributed by atoms with Crippen molar-refractivity contribution in [3.05, 3.63) is 77.4 Å². The summed E-state index contributed by atoms with van der Waals surface area (Å²) in [4.78, 5) is 29.0. The molecule has 0 atom stereocenters. The van der Waals surface area contributed by atoms with Gasteiger partial charge in [0.05, 0.1) is 31.2 Å². The number of nitrogens with one attached hydrogen (secondary N) is 2. The van der Waals surface area contributed by atoms with E-state index in [4.69, 9.17) is 19.9 Å². The van der Waals surface area contributed by atoms with Crippen LogP contribution in [-0.4, -0.2) is 70.1 Å². The summed E-state index contributed by atoms with van der Waals surface area (Å²) in [6, 6.07) is 16.7. The highest BCUT2D eigenvalue weighted by Gasteiger charge is 2.21. The molecule has 0 radical (unpaired) electrons. The van der Waals surface area contributed by atoms with Crippen molar-refractivity contribution in [2.24, 2.45) is 0 Å². The molecule has 194 valence electrons. The summed E-state index contributed by atoms with van der Waals surface area (Å²) in [6.07, 6.45) is 0. The Hall–Kier alpha value is -4.08. The van der Waals surface area contributed by atoms with E-state index in [2.05, 4.69) is 15.5 Å². The van der Waals surface area contributed by atoms with Gasteiger partial charge >= 0.3 is 0 Å². The third kappa shape index (κ3) is 6.38. The SMILES string of the molecule is COc1ccc(C(=O)c2cccc(N)c2NC(=O)c2ccc(OC)cc2OCCN2CCNCC2)cc1. The zero-order valence-corrected chi connectivity index (χ0v) is 21.1. The number of methoxy groups -OCH3 is 2. The number of hydrogen-bond donors (Lipinski definition) is 3. The minimum absolute atomic E-state index is 0.246. The van der Waals surface area contributed by atoms with Crippen molar-refractivity contribution >= 4 is 23.1 Å². The van der Waals surface area contributed by atoms with Crippen LogP contribution in [0.25, 0.3) is 0 Å². The molecular weight excluding hydrogens is 472 g/mol.